The first-order valence-electron chi connectivity index (χ1n) is 25.4. The van der Waals surface area contributed by atoms with E-state index in [1.807, 2.05) is 72.8 Å². The zero-order chi connectivity index (χ0) is 58.6. The molecular formula is C70H30F3N11. The summed E-state index contributed by atoms with van der Waals surface area (Å²) < 4.78 is 51.8. The standard InChI is InChI=1S/C70H30F3N11/c1-78-52-21-40(36-74)18-48(26-52)44-10-14-57-58-15-11-45(49-19-41(37-75)22-53(27-49)79-2)32-64(58)83(63(57)31-44)67-24-43(39-77)25-68(69(67)61-8-6-7-9-62(61)70(71,72)73)84-65-33-46(50-20-42(38-76)23-54(28-50)80-3)12-16-59(65)60-17-13-47(34-66(60)84)51-29-55(81-4)35-56(30-51)82-5/h6-35H. The van der Waals surface area contributed by atoms with Gasteiger partial charge in [-0.05, 0) is 147 Å². The highest BCUT2D eigenvalue weighted by Gasteiger charge is 2.36. The van der Waals surface area contributed by atoms with Crippen LogP contribution in [0.15, 0.2) is 182 Å². The van der Waals surface area contributed by atoms with Gasteiger partial charge in [-0.15, -0.1) is 0 Å². The van der Waals surface area contributed by atoms with Crippen molar-refractivity contribution in [3.8, 4) is 91.3 Å². The molecule has 84 heavy (non-hydrogen) atoms. The number of rotatable bonds is 7. The molecule has 2 heterocycles. The molecule has 11 nitrogen and oxygen atoms in total. The molecule has 0 spiro atoms. The third-order valence-electron chi connectivity index (χ3n) is 14.8. The second-order valence-corrected chi connectivity index (χ2v) is 19.6. The van der Waals surface area contributed by atoms with Crippen molar-refractivity contribution in [3.63, 3.8) is 0 Å². The van der Waals surface area contributed by atoms with Crippen LogP contribution in [-0.2, 0) is 6.18 Å². The van der Waals surface area contributed by atoms with Crippen molar-refractivity contribution in [2.24, 2.45) is 0 Å². The Morgan fingerprint density at radius 2 is 0.631 bits per heavy atom. The molecule has 0 aliphatic carbocycles. The highest BCUT2D eigenvalue weighted by molar-refractivity contribution is 6.14. The maximum atomic E-state index is 16.1. The third kappa shape index (κ3) is 8.84. The molecule has 14 heteroatoms. The van der Waals surface area contributed by atoms with Gasteiger partial charge >= 0.3 is 6.18 Å². The number of alkyl halides is 3. The summed E-state index contributed by atoms with van der Waals surface area (Å²) in [5.41, 5.74) is 6.95. The molecule has 0 aliphatic rings. The van der Waals surface area contributed by atoms with Gasteiger partial charge in [0.1, 0.15) is 0 Å². The third-order valence-corrected chi connectivity index (χ3v) is 14.8. The topological polar surface area (TPSA) is 127 Å². The lowest BCUT2D eigenvalue weighted by Gasteiger charge is -2.23. The zero-order valence-corrected chi connectivity index (χ0v) is 43.4. The first-order chi connectivity index (χ1) is 40.8. The van der Waals surface area contributed by atoms with Gasteiger partial charge in [-0.2, -0.15) is 34.2 Å². The minimum atomic E-state index is -4.94. The normalized spacial score (nSPS) is 10.9. The first-order valence-corrected chi connectivity index (χ1v) is 25.4. The molecule has 0 aliphatic heterocycles. The molecule has 0 saturated carbocycles. The second kappa shape index (κ2) is 20.3. The molecular weight excluding hydrogens is 1050 g/mol. The monoisotopic (exact) mass is 1080 g/mol. The van der Waals surface area contributed by atoms with Crippen LogP contribution in [0.5, 0.6) is 0 Å². The summed E-state index contributed by atoms with van der Waals surface area (Å²) in [5.74, 6) is 0. The van der Waals surface area contributed by atoms with Crippen LogP contribution in [-0.4, -0.2) is 9.13 Å². The predicted octanol–water partition coefficient (Wildman–Crippen LogP) is 19.5. The number of nitriles is 4. The molecule has 0 fully saturated rings. The van der Waals surface area contributed by atoms with E-state index < -0.39 is 11.7 Å². The lowest BCUT2D eigenvalue weighted by molar-refractivity contribution is -0.137. The van der Waals surface area contributed by atoms with Gasteiger partial charge in [0.25, 0.3) is 0 Å². The summed E-state index contributed by atoms with van der Waals surface area (Å²) >= 11 is 0. The minimum Gasteiger partial charge on any atom is -0.308 e. The van der Waals surface area contributed by atoms with E-state index in [0.717, 1.165) is 6.07 Å². The number of benzene rings is 10. The number of aromatic nitrogens is 2. The quantitative estimate of drug-likeness (QED) is 0.147. The number of hydrogen-bond donors (Lipinski definition) is 0. The molecule has 0 N–H and O–H groups in total. The molecule has 0 amide bonds. The van der Waals surface area contributed by atoms with Crippen LogP contribution in [0.2, 0.25) is 0 Å². The van der Waals surface area contributed by atoms with E-state index in [-0.39, 0.29) is 73.2 Å². The van der Waals surface area contributed by atoms with Gasteiger partial charge in [-0.3, -0.25) is 0 Å². The predicted molar refractivity (Wildman–Crippen MR) is 317 cm³/mol. The van der Waals surface area contributed by atoms with Crippen molar-refractivity contribution in [2.75, 3.05) is 0 Å². The molecule has 0 unspecified atom stereocenters. The molecule has 12 aromatic rings. The van der Waals surface area contributed by atoms with Crippen molar-refractivity contribution in [1.29, 1.82) is 21.0 Å². The highest BCUT2D eigenvalue weighted by atomic mass is 19.4. The molecule has 386 valence electrons. The highest BCUT2D eigenvalue weighted by Crippen LogP contribution is 2.49. The Kier molecular flexibility index (Phi) is 12.5. The Bertz CT molecular complexity index is 4640. The molecule has 0 saturated heterocycles. The largest absolute Gasteiger partial charge is 0.417 e. The van der Waals surface area contributed by atoms with Gasteiger partial charge in [-0.1, -0.05) is 84.9 Å². The first kappa shape index (κ1) is 51.7. The molecule has 0 atom stereocenters. The maximum absolute atomic E-state index is 16.1. The van der Waals surface area contributed by atoms with Gasteiger partial charge in [0.2, 0.25) is 0 Å². The summed E-state index contributed by atoms with van der Waals surface area (Å²) in [6.07, 6.45) is -4.94. The Balaban J connectivity index is 1.29. The van der Waals surface area contributed by atoms with E-state index >= 15 is 13.2 Å². The second-order valence-electron chi connectivity index (χ2n) is 19.6. The van der Waals surface area contributed by atoms with Crippen LogP contribution in [0.1, 0.15) is 27.8 Å². The van der Waals surface area contributed by atoms with E-state index in [1.165, 1.54) is 54.6 Å². The van der Waals surface area contributed by atoms with E-state index in [9.17, 15) is 21.0 Å². The Labute approximate surface area is 477 Å². The van der Waals surface area contributed by atoms with Crippen LogP contribution in [0, 0.1) is 78.2 Å². The van der Waals surface area contributed by atoms with Gasteiger partial charge in [0, 0.05) is 43.8 Å². The average Bonchev–Trinajstić information content (AvgIpc) is 2.76. The summed E-state index contributed by atoms with van der Waals surface area (Å²) in [4.78, 5) is 18.1. The maximum Gasteiger partial charge on any atom is 0.417 e. The van der Waals surface area contributed by atoms with Crippen molar-refractivity contribution in [2.45, 2.75) is 6.18 Å². The number of hydrogen-bond acceptors (Lipinski definition) is 4. The van der Waals surface area contributed by atoms with E-state index in [2.05, 4.69) is 48.5 Å². The Hall–Kier alpha value is -13.0. The van der Waals surface area contributed by atoms with Crippen LogP contribution < -0.4 is 0 Å². The van der Waals surface area contributed by atoms with Crippen molar-refractivity contribution >= 4 is 72.0 Å². The molecule has 10 aromatic carbocycles. The van der Waals surface area contributed by atoms with E-state index in [0.29, 0.717) is 88.1 Å². The van der Waals surface area contributed by atoms with Gasteiger partial charge in [0.05, 0.1) is 102 Å². The number of halogens is 3. The molecule has 0 radical (unpaired) electrons. The van der Waals surface area contributed by atoms with Crippen LogP contribution in [0.4, 0.5) is 41.6 Å². The van der Waals surface area contributed by atoms with E-state index in [1.54, 1.807) is 57.7 Å². The summed E-state index contributed by atoms with van der Waals surface area (Å²) in [6, 6.07) is 58.0. The van der Waals surface area contributed by atoms with E-state index in [4.69, 9.17) is 32.9 Å². The lowest BCUT2D eigenvalue weighted by atomic mass is 9.93. The molecule has 12 rings (SSSR count). The fourth-order valence-electron chi connectivity index (χ4n) is 11.1. The number of nitrogens with zero attached hydrogens (tertiary/aromatic N) is 11. The van der Waals surface area contributed by atoms with Crippen LogP contribution in [0.25, 0.3) is 135 Å². The van der Waals surface area contributed by atoms with Gasteiger partial charge in [0.15, 0.2) is 28.4 Å². The summed E-state index contributed by atoms with van der Waals surface area (Å²) in [5, 5.41) is 44.1. The van der Waals surface area contributed by atoms with Crippen molar-refractivity contribution in [3.05, 3.63) is 267 Å². The SMILES string of the molecule is [C-]#[N+]c1cc(C#N)cc(-c2ccc3c4ccc(-c5cc(C#N)cc([N+]#[C-])c5)cc4n(-c4cc(C#N)cc(-n5c6cc(-c7cc(C#N)cc([N+]#[C-])c7)ccc6c6ccc(-c7cc([N+]#[C-])cc([N+]#[C-])c7)cc65)c4-c4ccccc4C(F)(F)F)c3c2)c1. The molecule has 2 aromatic heterocycles. The average molecular weight is 1080 g/mol. The summed E-state index contributed by atoms with van der Waals surface area (Å²) in [6.45, 7) is 39.3. The summed E-state index contributed by atoms with van der Waals surface area (Å²) in [7, 11) is 0. The van der Waals surface area contributed by atoms with Crippen molar-refractivity contribution < 1.29 is 13.2 Å². The van der Waals surface area contributed by atoms with Crippen molar-refractivity contribution in [1.82, 2.24) is 9.13 Å². The van der Waals surface area contributed by atoms with Gasteiger partial charge < -0.3 is 9.13 Å². The molecule has 0 bridgehead atoms. The lowest BCUT2D eigenvalue weighted by Crippen LogP contribution is -2.11. The van der Waals surface area contributed by atoms with Crippen LogP contribution >= 0.6 is 0 Å². The fourth-order valence-corrected chi connectivity index (χ4v) is 11.1. The smallest absolute Gasteiger partial charge is 0.308 e. The number of fused-ring (bicyclic) bond motifs is 6. The van der Waals surface area contributed by atoms with Crippen LogP contribution in [0.3, 0.4) is 0 Å². The van der Waals surface area contributed by atoms with Gasteiger partial charge in [-0.25, -0.2) is 24.2 Å². The Morgan fingerprint density at radius 1 is 0.333 bits per heavy atom. The Morgan fingerprint density at radius 3 is 0.940 bits per heavy atom. The fraction of sp³-hybridized carbons (Fsp3) is 0.0143. The minimum absolute atomic E-state index is 0.0294. The zero-order valence-electron chi connectivity index (χ0n) is 43.4.